The molecule has 4 nitrogen and oxygen atoms in total. The molecule has 26 heavy (non-hydrogen) atoms. The fourth-order valence-electron chi connectivity index (χ4n) is 4.25. The molecule has 4 heteroatoms. The number of carbonyl (C=O) groups is 1. The van der Waals surface area contributed by atoms with Gasteiger partial charge in [0.2, 0.25) is 0 Å². The monoisotopic (exact) mass is 351 g/mol. The summed E-state index contributed by atoms with van der Waals surface area (Å²) in [6.45, 7) is 2.23. The summed E-state index contributed by atoms with van der Waals surface area (Å²) in [5, 5.41) is 13.1. The highest BCUT2D eigenvalue weighted by Crippen LogP contribution is 2.44. The van der Waals surface area contributed by atoms with E-state index >= 15 is 0 Å². The first kappa shape index (κ1) is 17.1. The van der Waals surface area contributed by atoms with E-state index in [-0.39, 0.29) is 12.0 Å². The second-order valence-corrected chi connectivity index (χ2v) is 7.65. The summed E-state index contributed by atoms with van der Waals surface area (Å²) in [5.41, 5.74) is 4.25. The number of rotatable bonds is 5. The molecule has 0 bridgehead atoms. The first-order chi connectivity index (χ1) is 12.6. The zero-order valence-corrected chi connectivity index (χ0v) is 15.1. The molecule has 2 aromatic rings. The topological polar surface area (TPSA) is 58.6 Å². The molecular formula is C22H25NO3. The minimum atomic E-state index is -0.601. The Morgan fingerprint density at radius 1 is 1.15 bits per heavy atom. The van der Waals surface area contributed by atoms with Crippen LogP contribution in [0.15, 0.2) is 48.5 Å². The predicted octanol–water partition coefficient (Wildman–Crippen LogP) is 4.22. The number of amides is 1. The average Bonchev–Trinajstić information content (AvgIpc) is 2.92. The van der Waals surface area contributed by atoms with Crippen LogP contribution >= 0.6 is 0 Å². The van der Waals surface area contributed by atoms with E-state index in [0.29, 0.717) is 13.0 Å². The SMILES string of the molecule is CC(CC1(O)CCC1)NC(=O)OCC1c2ccccc2-c2ccccc21. The molecule has 136 valence electrons. The maximum Gasteiger partial charge on any atom is 0.407 e. The Hall–Kier alpha value is -2.33. The zero-order chi connectivity index (χ0) is 18.1. The van der Waals surface area contributed by atoms with Crippen molar-refractivity contribution in [2.75, 3.05) is 6.61 Å². The van der Waals surface area contributed by atoms with Crippen LogP contribution < -0.4 is 5.32 Å². The van der Waals surface area contributed by atoms with Gasteiger partial charge in [-0.15, -0.1) is 0 Å². The Bertz CT molecular complexity index is 767. The summed E-state index contributed by atoms with van der Waals surface area (Å²) < 4.78 is 5.54. The summed E-state index contributed by atoms with van der Waals surface area (Å²) >= 11 is 0. The van der Waals surface area contributed by atoms with Crippen molar-refractivity contribution in [3.8, 4) is 11.1 Å². The van der Waals surface area contributed by atoms with Gasteiger partial charge in [0.05, 0.1) is 5.60 Å². The number of aliphatic hydroxyl groups is 1. The van der Waals surface area contributed by atoms with E-state index in [2.05, 4.69) is 29.6 Å². The van der Waals surface area contributed by atoms with Crippen LogP contribution in [0.5, 0.6) is 0 Å². The van der Waals surface area contributed by atoms with Crippen LogP contribution in [0.3, 0.4) is 0 Å². The van der Waals surface area contributed by atoms with Crippen LogP contribution in [-0.4, -0.2) is 29.4 Å². The van der Waals surface area contributed by atoms with Gasteiger partial charge in [0, 0.05) is 12.0 Å². The van der Waals surface area contributed by atoms with Crippen molar-refractivity contribution >= 4 is 6.09 Å². The highest BCUT2D eigenvalue weighted by atomic mass is 16.5. The van der Waals surface area contributed by atoms with Gasteiger partial charge in [-0.3, -0.25) is 0 Å². The third kappa shape index (κ3) is 3.21. The number of hydrogen-bond acceptors (Lipinski definition) is 3. The van der Waals surface area contributed by atoms with Crippen molar-refractivity contribution in [1.82, 2.24) is 5.32 Å². The largest absolute Gasteiger partial charge is 0.449 e. The number of alkyl carbamates (subject to hydrolysis) is 1. The van der Waals surface area contributed by atoms with Crippen LogP contribution in [0, 0.1) is 0 Å². The van der Waals surface area contributed by atoms with Crippen molar-refractivity contribution in [3.05, 3.63) is 59.7 Å². The van der Waals surface area contributed by atoms with E-state index in [9.17, 15) is 9.90 Å². The molecule has 2 N–H and O–H groups in total. The predicted molar refractivity (Wildman–Crippen MR) is 101 cm³/mol. The number of carbonyl (C=O) groups excluding carboxylic acids is 1. The van der Waals surface area contributed by atoms with Gasteiger partial charge in [0.15, 0.2) is 0 Å². The fourth-order valence-corrected chi connectivity index (χ4v) is 4.25. The lowest BCUT2D eigenvalue weighted by Crippen LogP contribution is -2.45. The Morgan fingerprint density at radius 3 is 2.27 bits per heavy atom. The van der Waals surface area contributed by atoms with E-state index < -0.39 is 11.7 Å². The van der Waals surface area contributed by atoms with Gasteiger partial charge in [-0.25, -0.2) is 4.79 Å². The van der Waals surface area contributed by atoms with Crippen molar-refractivity contribution < 1.29 is 14.6 Å². The summed E-state index contributed by atoms with van der Waals surface area (Å²) in [5.74, 6) is 0.0688. The number of nitrogens with one attached hydrogen (secondary N) is 1. The fraction of sp³-hybridized carbons (Fsp3) is 0.409. The van der Waals surface area contributed by atoms with E-state index in [1.165, 1.54) is 22.3 Å². The molecule has 2 aliphatic carbocycles. The Kier molecular flexibility index (Phi) is 4.45. The molecular weight excluding hydrogens is 326 g/mol. The first-order valence-corrected chi connectivity index (χ1v) is 9.40. The molecule has 2 aromatic carbocycles. The molecule has 1 fully saturated rings. The van der Waals surface area contributed by atoms with Crippen LogP contribution in [0.2, 0.25) is 0 Å². The van der Waals surface area contributed by atoms with Gasteiger partial charge in [0.25, 0.3) is 0 Å². The van der Waals surface area contributed by atoms with Gasteiger partial charge in [-0.1, -0.05) is 48.5 Å². The van der Waals surface area contributed by atoms with Crippen LogP contribution in [0.25, 0.3) is 11.1 Å². The number of benzene rings is 2. The van der Waals surface area contributed by atoms with Gasteiger partial charge < -0.3 is 15.2 Å². The molecule has 0 radical (unpaired) electrons. The first-order valence-electron chi connectivity index (χ1n) is 9.40. The second-order valence-electron chi connectivity index (χ2n) is 7.65. The summed E-state index contributed by atoms with van der Waals surface area (Å²) in [6, 6.07) is 16.5. The van der Waals surface area contributed by atoms with Crippen molar-refractivity contribution in [2.24, 2.45) is 0 Å². The quantitative estimate of drug-likeness (QED) is 0.848. The maximum atomic E-state index is 12.2. The number of hydrogen-bond donors (Lipinski definition) is 2. The van der Waals surface area contributed by atoms with Crippen LogP contribution in [0.4, 0.5) is 4.79 Å². The Morgan fingerprint density at radius 2 is 1.73 bits per heavy atom. The minimum absolute atomic E-state index is 0.0688. The third-order valence-corrected chi connectivity index (χ3v) is 5.68. The lowest BCUT2D eigenvalue weighted by molar-refractivity contribution is -0.0460. The second kappa shape index (κ2) is 6.76. The van der Waals surface area contributed by atoms with Crippen LogP contribution in [0.1, 0.15) is 49.7 Å². The molecule has 1 saturated carbocycles. The molecule has 0 saturated heterocycles. The summed E-state index contributed by atoms with van der Waals surface area (Å²) in [4.78, 5) is 12.2. The van der Waals surface area contributed by atoms with Gasteiger partial charge >= 0.3 is 6.09 Å². The average molecular weight is 351 g/mol. The molecule has 1 amide bonds. The normalized spacial score (nSPS) is 18.4. The van der Waals surface area contributed by atoms with Crippen molar-refractivity contribution in [3.63, 3.8) is 0 Å². The Labute approximate surface area is 154 Å². The standard InChI is InChI=1S/C22H25NO3/c1-15(13-22(25)11-6-12-22)23-21(24)26-14-20-18-9-4-2-7-16(18)17-8-3-5-10-19(17)20/h2-5,7-10,15,20,25H,6,11-14H2,1H3,(H,23,24). The van der Waals surface area contributed by atoms with Gasteiger partial charge in [-0.2, -0.15) is 0 Å². The highest BCUT2D eigenvalue weighted by molar-refractivity contribution is 5.79. The van der Waals surface area contributed by atoms with Gasteiger partial charge in [-0.05, 0) is 54.9 Å². The zero-order valence-electron chi connectivity index (χ0n) is 15.1. The van der Waals surface area contributed by atoms with E-state index in [1.807, 2.05) is 31.2 Å². The molecule has 4 rings (SSSR count). The number of fused-ring (bicyclic) bond motifs is 3. The number of ether oxygens (including phenoxy) is 1. The third-order valence-electron chi connectivity index (χ3n) is 5.68. The van der Waals surface area contributed by atoms with Crippen molar-refractivity contribution in [1.29, 1.82) is 0 Å². The molecule has 0 aromatic heterocycles. The van der Waals surface area contributed by atoms with E-state index in [1.54, 1.807) is 0 Å². The lowest BCUT2D eigenvalue weighted by Gasteiger charge is -2.38. The molecule has 0 aliphatic heterocycles. The van der Waals surface area contributed by atoms with E-state index in [4.69, 9.17) is 4.74 Å². The smallest absolute Gasteiger partial charge is 0.407 e. The van der Waals surface area contributed by atoms with Crippen molar-refractivity contribution in [2.45, 2.75) is 50.2 Å². The maximum absolute atomic E-state index is 12.2. The van der Waals surface area contributed by atoms with Gasteiger partial charge in [0.1, 0.15) is 6.61 Å². The molecule has 0 spiro atoms. The highest BCUT2D eigenvalue weighted by Gasteiger charge is 2.36. The Balaban J connectivity index is 1.39. The summed E-state index contributed by atoms with van der Waals surface area (Å²) in [7, 11) is 0. The molecule has 1 unspecified atom stereocenters. The molecule has 1 atom stereocenters. The lowest BCUT2D eigenvalue weighted by atomic mass is 9.76. The minimum Gasteiger partial charge on any atom is -0.449 e. The van der Waals surface area contributed by atoms with Crippen LogP contribution in [-0.2, 0) is 4.74 Å². The summed E-state index contributed by atoms with van der Waals surface area (Å²) in [6.07, 6.45) is 2.88. The molecule has 2 aliphatic rings. The molecule has 0 heterocycles. The van der Waals surface area contributed by atoms with E-state index in [0.717, 1.165) is 19.3 Å².